The fraction of sp³-hybridized carbons (Fsp3) is 0.318. The van der Waals surface area contributed by atoms with Crippen molar-refractivity contribution in [3.8, 4) is 5.75 Å². The van der Waals surface area contributed by atoms with Crippen molar-refractivity contribution in [2.24, 2.45) is 0 Å². The molecule has 0 bridgehead atoms. The highest BCUT2D eigenvalue weighted by atomic mass is 16.5. The summed E-state index contributed by atoms with van der Waals surface area (Å²) in [6.45, 7) is 3.51. The second kappa shape index (κ2) is 8.98. The number of benzene rings is 1. The van der Waals surface area contributed by atoms with Gasteiger partial charge in [0.25, 0.3) is 0 Å². The molecule has 2 aromatic heterocycles. The van der Waals surface area contributed by atoms with Gasteiger partial charge in [-0.3, -0.25) is 14.9 Å². The molecule has 3 aromatic rings. The third-order valence-electron chi connectivity index (χ3n) is 4.93. The number of ether oxygens (including phenoxy) is 3. The van der Waals surface area contributed by atoms with E-state index >= 15 is 0 Å². The zero-order valence-electron chi connectivity index (χ0n) is 16.3. The highest BCUT2D eigenvalue weighted by Gasteiger charge is 2.22. The number of esters is 1. The van der Waals surface area contributed by atoms with E-state index in [2.05, 4.69) is 27.0 Å². The van der Waals surface area contributed by atoms with Crippen LogP contribution in [0.15, 0.2) is 55.0 Å². The lowest BCUT2D eigenvalue weighted by atomic mass is 10.1. The summed E-state index contributed by atoms with van der Waals surface area (Å²) in [5.74, 6) is 0.0846. The number of hydrogen-bond donors (Lipinski definition) is 0. The number of nitrogens with zero attached hydrogens (tertiary/aromatic N) is 3. The molecule has 1 atom stereocenters. The Morgan fingerprint density at radius 3 is 3.07 bits per heavy atom. The summed E-state index contributed by atoms with van der Waals surface area (Å²) in [4.78, 5) is 22.5. The molecule has 1 aliphatic heterocycles. The van der Waals surface area contributed by atoms with Crippen LogP contribution in [0.3, 0.4) is 0 Å². The van der Waals surface area contributed by atoms with Crippen molar-refractivity contribution in [1.29, 1.82) is 0 Å². The maximum atomic E-state index is 11.6. The van der Waals surface area contributed by atoms with Crippen LogP contribution < -0.4 is 4.74 Å². The second-order valence-corrected chi connectivity index (χ2v) is 6.93. The van der Waals surface area contributed by atoms with Gasteiger partial charge in [-0.1, -0.05) is 18.2 Å². The fourth-order valence-corrected chi connectivity index (χ4v) is 3.48. The first-order valence-electron chi connectivity index (χ1n) is 9.55. The molecule has 150 valence electrons. The average molecular weight is 393 g/mol. The highest BCUT2D eigenvalue weighted by molar-refractivity contribution is 5.89. The van der Waals surface area contributed by atoms with Gasteiger partial charge in [-0.25, -0.2) is 4.79 Å². The van der Waals surface area contributed by atoms with E-state index in [0.29, 0.717) is 24.5 Å². The Kier molecular flexibility index (Phi) is 5.97. The number of morpholine rings is 1. The summed E-state index contributed by atoms with van der Waals surface area (Å²) in [6.07, 6.45) is 4.84. The third kappa shape index (κ3) is 4.70. The number of fused-ring (bicyclic) bond motifs is 1. The van der Waals surface area contributed by atoms with Crippen LogP contribution in [-0.4, -0.2) is 60.4 Å². The maximum absolute atomic E-state index is 11.6. The molecule has 4 rings (SSSR count). The van der Waals surface area contributed by atoms with E-state index in [1.807, 2.05) is 24.4 Å². The van der Waals surface area contributed by atoms with E-state index in [4.69, 9.17) is 14.2 Å². The first kappa shape index (κ1) is 19.3. The minimum atomic E-state index is -0.437. The third-order valence-corrected chi connectivity index (χ3v) is 4.93. The molecule has 1 unspecified atom stereocenters. The summed E-state index contributed by atoms with van der Waals surface area (Å²) in [6, 6.07) is 11.9. The Morgan fingerprint density at radius 2 is 2.17 bits per heavy atom. The summed E-state index contributed by atoms with van der Waals surface area (Å²) in [7, 11) is 1.34. The summed E-state index contributed by atoms with van der Waals surface area (Å²) in [5, 5.41) is 1.18. The predicted octanol–water partition coefficient (Wildman–Crippen LogP) is 2.70. The molecule has 0 N–H and O–H groups in total. The Balaban J connectivity index is 1.37. The standard InChI is InChI=1S/C22H23N3O4/c1-27-22(26)17-10-18(12-23-11-17)29-15-19-14-25(8-9-28-19)13-16-6-7-24-21-5-3-2-4-20(16)21/h2-7,10-12,19H,8-9,13-15H2,1H3. The Labute approximate surface area is 169 Å². The van der Waals surface area contributed by atoms with Crippen molar-refractivity contribution in [3.63, 3.8) is 0 Å². The molecule has 0 aliphatic carbocycles. The zero-order chi connectivity index (χ0) is 20.1. The van der Waals surface area contributed by atoms with Crippen molar-refractivity contribution in [2.75, 3.05) is 33.4 Å². The molecule has 1 fully saturated rings. The van der Waals surface area contributed by atoms with Crippen LogP contribution in [0, 0.1) is 0 Å². The molecule has 0 radical (unpaired) electrons. The number of pyridine rings is 2. The van der Waals surface area contributed by atoms with E-state index in [1.54, 1.807) is 12.3 Å². The second-order valence-electron chi connectivity index (χ2n) is 6.93. The Morgan fingerprint density at radius 1 is 1.28 bits per heavy atom. The number of aromatic nitrogens is 2. The molecule has 0 spiro atoms. The van der Waals surface area contributed by atoms with E-state index in [1.165, 1.54) is 24.3 Å². The first-order chi connectivity index (χ1) is 14.2. The van der Waals surface area contributed by atoms with E-state index < -0.39 is 5.97 Å². The molecule has 0 saturated carbocycles. The molecule has 1 aliphatic rings. The quantitative estimate of drug-likeness (QED) is 0.596. The zero-order valence-corrected chi connectivity index (χ0v) is 16.3. The van der Waals surface area contributed by atoms with Gasteiger partial charge in [-0.2, -0.15) is 0 Å². The molecule has 7 nitrogen and oxygen atoms in total. The Hall–Kier alpha value is -3.03. The monoisotopic (exact) mass is 393 g/mol. The van der Waals surface area contributed by atoms with E-state index in [0.717, 1.165) is 25.2 Å². The number of para-hydroxylation sites is 1. The van der Waals surface area contributed by atoms with Gasteiger partial charge < -0.3 is 14.2 Å². The van der Waals surface area contributed by atoms with Gasteiger partial charge in [0.1, 0.15) is 18.5 Å². The van der Waals surface area contributed by atoms with Crippen molar-refractivity contribution in [3.05, 3.63) is 66.1 Å². The molecular formula is C22H23N3O4. The molecular weight excluding hydrogens is 370 g/mol. The van der Waals surface area contributed by atoms with Crippen LogP contribution in [0.4, 0.5) is 0 Å². The smallest absolute Gasteiger partial charge is 0.339 e. The number of hydrogen-bond acceptors (Lipinski definition) is 7. The van der Waals surface area contributed by atoms with Crippen molar-refractivity contribution < 1.29 is 19.0 Å². The lowest BCUT2D eigenvalue weighted by molar-refractivity contribution is -0.0503. The van der Waals surface area contributed by atoms with Crippen LogP contribution in [0.1, 0.15) is 15.9 Å². The first-order valence-corrected chi connectivity index (χ1v) is 9.55. The largest absolute Gasteiger partial charge is 0.489 e. The normalized spacial score (nSPS) is 17.2. The molecule has 1 aromatic carbocycles. The SMILES string of the molecule is COC(=O)c1cncc(OCC2CN(Cc3ccnc4ccccc34)CCO2)c1. The number of methoxy groups -OCH3 is 1. The van der Waals surface area contributed by atoms with Gasteiger partial charge in [0.2, 0.25) is 0 Å². The van der Waals surface area contributed by atoms with E-state index in [-0.39, 0.29) is 6.10 Å². The fourth-order valence-electron chi connectivity index (χ4n) is 3.48. The van der Waals surface area contributed by atoms with Crippen LogP contribution in [-0.2, 0) is 16.0 Å². The lowest BCUT2D eigenvalue weighted by Crippen LogP contribution is -2.44. The van der Waals surface area contributed by atoms with Crippen molar-refractivity contribution in [2.45, 2.75) is 12.6 Å². The molecule has 7 heteroatoms. The van der Waals surface area contributed by atoms with E-state index in [9.17, 15) is 4.79 Å². The minimum Gasteiger partial charge on any atom is -0.489 e. The predicted molar refractivity (Wildman–Crippen MR) is 108 cm³/mol. The lowest BCUT2D eigenvalue weighted by Gasteiger charge is -2.33. The van der Waals surface area contributed by atoms with Gasteiger partial charge in [-0.15, -0.1) is 0 Å². The van der Waals surface area contributed by atoms with Gasteiger partial charge in [-0.05, 0) is 23.8 Å². The molecule has 29 heavy (non-hydrogen) atoms. The summed E-state index contributed by atoms with van der Waals surface area (Å²) in [5.41, 5.74) is 2.63. The summed E-state index contributed by atoms with van der Waals surface area (Å²) >= 11 is 0. The Bertz CT molecular complexity index is 989. The number of rotatable bonds is 6. The van der Waals surface area contributed by atoms with Crippen LogP contribution in [0.25, 0.3) is 10.9 Å². The van der Waals surface area contributed by atoms with Crippen LogP contribution >= 0.6 is 0 Å². The molecule has 3 heterocycles. The van der Waals surface area contributed by atoms with Crippen molar-refractivity contribution >= 4 is 16.9 Å². The number of carbonyl (C=O) groups is 1. The van der Waals surface area contributed by atoms with Crippen LogP contribution in [0.5, 0.6) is 5.75 Å². The average Bonchev–Trinajstić information content (AvgIpc) is 2.78. The van der Waals surface area contributed by atoms with Gasteiger partial charge in [0.15, 0.2) is 0 Å². The summed E-state index contributed by atoms with van der Waals surface area (Å²) < 4.78 is 16.4. The van der Waals surface area contributed by atoms with Crippen LogP contribution in [0.2, 0.25) is 0 Å². The van der Waals surface area contributed by atoms with Gasteiger partial charge in [0.05, 0.1) is 31.0 Å². The minimum absolute atomic E-state index is 0.0568. The topological polar surface area (TPSA) is 73.8 Å². The maximum Gasteiger partial charge on any atom is 0.339 e. The van der Waals surface area contributed by atoms with Gasteiger partial charge >= 0.3 is 5.97 Å². The van der Waals surface area contributed by atoms with Crippen molar-refractivity contribution in [1.82, 2.24) is 14.9 Å². The van der Waals surface area contributed by atoms with Gasteiger partial charge in [0, 0.05) is 37.4 Å². The molecule has 0 amide bonds. The number of carbonyl (C=O) groups excluding carboxylic acids is 1. The molecule has 1 saturated heterocycles. The highest BCUT2D eigenvalue weighted by Crippen LogP contribution is 2.20.